The van der Waals surface area contributed by atoms with Gasteiger partial charge in [-0.25, -0.2) is 33.6 Å². The number of hydrogen-bond acceptors (Lipinski definition) is 24. The molecular formula is C80H62O24. The Balaban J connectivity index is 1.01. The van der Waals surface area contributed by atoms with Gasteiger partial charge in [0.25, 0.3) is 0 Å². The van der Waals surface area contributed by atoms with Gasteiger partial charge in [0.1, 0.15) is 40.9 Å². The van der Waals surface area contributed by atoms with Crippen molar-refractivity contribution in [2.45, 2.75) is 82.2 Å². The predicted octanol–water partition coefficient (Wildman–Crippen LogP) is 11.7. The summed E-state index contributed by atoms with van der Waals surface area (Å²) in [6.07, 6.45) is -18.0. The number of rotatable bonds is 22. The number of benzene rings is 9. The van der Waals surface area contributed by atoms with E-state index in [1.165, 1.54) is 123 Å². The molecule has 0 aliphatic carbocycles. The average molecular weight is 1410 g/mol. The lowest BCUT2D eigenvalue weighted by Crippen LogP contribution is -2.63. The third kappa shape index (κ3) is 16.9. The van der Waals surface area contributed by atoms with E-state index in [-0.39, 0.29) is 50.3 Å². The van der Waals surface area contributed by atoms with E-state index in [9.17, 15) is 43.2 Å². The fourth-order valence-corrected chi connectivity index (χ4v) is 11.3. The third-order valence-corrected chi connectivity index (χ3v) is 16.2. The van der Waals surface area contributed by atoms with Crippen LogP contribution in [-0.2, 0) is 52.2 Å². The van der Waals surface area contributed by atoms with Crippen LogP contribution >= 0.6 is 0 Å². The number of carbonyl (C=O) groups excluding carboxylic acids is 9. The Hall–Kier alpha value is -13.1. The molecule has 2 aliphatic heterocycles. The minimum Gasteiger partial charge on any atom is -0.460 e. The maximum Gasteiger partial charge on any atom is 0.338 e. The molecule has 1 aromatic heterocycles. The molecule has 10 atom stereocenters. The van der Waals surface area contributed by atoms with Crippen LogP contribution < -0.4 is 24.4 Å². The lowest BCUT2D eigenvalue weighted by molar-refractivity contribution is -0.275. The molecule has 0 radical (unpaired) electrons. The van der Waals surface area contributed by atoms with E-state index in [4.69, 9.17) is 66.0 Å². The predicted molar refractivity (Wildman–Crippen MR) is 365 cm³/mol. The number of esters is 9. The molecule has 2 saturated heterocycles. The molecule has 12 rings (SSSR count). The highest BCUT2D eigenvalue weighted by Crippen LogP contribution is 2.42. The molecule has 3 heterocycles. The minimum absolute atomic E-state index is 0.00462. The van der Waals surface area contributed by atoms with Crippen LogP contribution in [-0.4, -0.2) is 122 Å². The van der Waals surface area contributed by atoms with Crippen LogP contribution in [0.4, 0.5) is 0 Å². The van der Waals surface area contributed by atoms with Crippen LogP contribution in [0.1, 0.15) is 93.3 Å². The van der Waals surface area contributed by atoms with Crippen molar-refractivity contribution in [1.82, 2.24) is 0 Å². The van der Waals surface area contributed by atoms with Crippen molar-refractivity contribution in [1.29, 1.82) is 0 Å². The van der Waals surface area contributed by atoms with Gasteiger partial charge in [-0.1, -0.05) is 127 Å². The molecule has 526 valence electrons. The molecule has 0 unspecified atom stereocenters. The molecule has 24 heteroatoms. The second-order valence-electron chi connectivity index (χ2n) is 23.5. The highest BCUT2D eigenvalue weighted by molar-refractivity contribution is 5.94. The summed E-state index contributed by atoms with van der Waals surface area (Å²) in [5.41, 5.74) is -1.31. The van der Waals surface area contributed by atoms with Crippen molar-refractivity contribution >= 4 is 64.7 Å². The first kappa shape index (κ1) is 70.8. The lowest BCUT2D eigenvalue weighted by atomic mass is 9.97. The number of fused-ring (bicyclic) bond motifs is 1. The molecule has 0 amide bonds. The van der Waals surface area contributed by atoms with Crippen LogP contribution in [0, 0.1) is 0 Å². The first-order chi connectivity index (χ1) is 50.4. The summed E-state index contributed by atoms with van der Waals surface area (Å²) in [4.78, 5) is 142. The van der Waals surface area contributed by atoms with Gasteiger partial charge in [0, 0.05) is 31.5 Å². The maximum atomic E-state index is 16.0. The highest BCUT2D eigenvalue weighted by atomic mass is 16.7. The van der Waals surface area contributed by atoms with E-state index < -0.39 is 161 Å². The zero-order valence-corrected chi connectivity index (χ0v) is 55.4. The quantitative estimate of drug-likeness (QED) is 0.0346. The second kappa shape index (κ2) is 32.5. The van der Waals surface area contributed by atoms with Crippen molar-refractivity contribution in [3.05, 3.63) is 298 Å². The minimum atomic E-state index is -2.02. The summed E-state index contributed by atoms with van der Waals surface area (Å²) in [5.74, 6) is -10.6. The van der Waals surface area contributed by atoms with Crippen molar-refractivity contribution in [3.8, 4) is 34.3 Å². The smallest absolute Gasteiger partial charge is 0.338 e. The first-order valence-electron chi connectivity index (χ1n) is 32.5. The summed E-state index contributed by atoms with van der Waals surface area (Å²) in [6, 6.07) is 61.7. The standard InChI is InChI=1S/C80H62O24/c1-46-64(98-73(85)51-27-13-5-14-28-51)68(100-75(87)53-31-17-7-18-32-53)70(102-77(89)55-35-21-9-22-36-55)79(92-46)104-67-63(83)62-59(94-48(3)82)43-58(44-60(62)96-65(67)49-39-41-57(42-40-49)93-47(2)81)95-80-71(103-78(90)56-37-23-10-24-38-56)69(101-76(88)54-33-19-8-20-34-54)66(99-74(86)52-29-15-6-16-30-52)61(97-80)45-91-72(84)50-25-11-4-12-26-50/h4-44,46,61,64,66,68-71,79-80H,45H2,1-3H3/t46-,61+,64-,66+,68+,69-,70+,71+,79-,80+/m0/s1. The molecule has 24 nitrogen and oxygen atoms in total. The SMILES string of the molecule is CC(=O)Oc1ccc(-c2oc3cc(O[C@@H]4O[C@H](COC(=O)c5ccccc5)[C@@H](OC(=O)c5ccccc5)[C@H](OC(=O)c5ccccc5)[C@H]4OC(=O)c4ccccc4)cc(OC(C)=O)c3c(=O)c2O[C@@H]2O[C@@H](C)[C@H](OC(=O)c3ccccc3)[C@@H](OC(=O)c3ccccc3)[C@H]2OC(=O)c2ccccc2)cc1. The molecule has 2 fully saturated rings. The van der Waals surface area contributed by atoms with Gasteiger partial charge in [-0.05, 0) is 116 Å². The third-order valence-electron chi connectivity index (χ3n) is 16.2. The molecule has 0 spiro atoms. The molecule has 9 aromatic carbocycles. The highest BCUT2D eigenvalue weighted by Gasteiger charge is 2.56. The van der Waals surface area contributed by atoms with Crippen LogP contribution in [0.15, 0.2) is 258 Å². The molecule has 0 saturated carbocycles. The van der Waals surface area contributed by atoms with Crippen LogP contribution in [0.5, 0.6) is 23.0 Å². The molecular weight excluding hydrogens is 1340 g/mol. The fourth-order valence-electron chi connectivity index (χ4n) is 11.3. The van der Waals surface area contributed by atoms with Crippen molar-refractivity contribution in [2.24, 2.45) is 0 Å². The van der Waals surface area contributed by atoms with Crippen LogP contribution in [0.2, 0.25) is 0 Å². The number of hydrogen-bond donors (Lipinski definition) is 0. The summed E-state index contributed by atoms with van der Waals surface area (Å²) < 4.78 is 87.6. The van der Waals surface area contributed by atoms with Crippen molar-refractivity contribution < 1.29 is 109 Å². The van der Waals surface area contributed by atoms with E-state index in [0.717, 1.165) is 19.1 Å². The first-order valence-corrected chi connectivity index (χ1v) is 32.5. The van der Waals surface area contributed by atoms with Gasteiger partial charge in [-0.2, -0.15) is 0 Å². The van der Waals surface area contributed by atoms with Gasteiger partial charge in [-0.15, -0.1) is 0 Å². The van der Waals surface area contributed by atoms with E-state index >= 15 is 4.79 Å². The topological polar surface area (TPSA) is 304 Å². The van der Waals surface area contributed by atoms with Crippen molar-refractivity contribution in [3.63, 3.8) is 0 Å². The molecule has 0 N–H and O–H groups in total. The Bertz CT molecular complexity index is 4810. The largest absolute Gasteiger partial charge is 0.460 e. The van der Waals surface area contributed by atoms with E-state index in [2.05, 4.69) is 0 Å². The monoisotopic (exact) mass is 1410 g/mol. The maximum absolute atomic E-state index is 16.0. The number of carbonyl (C=O) groups is 9. The zero-order chi connectivity index (χ0) is 72.8. The Morgan fingerprint density at radius 2 is 0.721 bits per heavy atom. The van der Waals surface area contributed by atoms with Gasteiger partial charge in [0.15, 0.2) is 30.2 Å². The van der Waals surface area contributed by atoms with E-state index in [1.807, 2.05) is 0 Å². The van der Waals surface area contributed by atoms with Gasteiger partial charge in [-0.3, -0.25) is 14.4 Å². The Morgan fingerprint density at radius 1 is 0.365 bits per heavy atom. The molecule has 0 bridgehead atoms. The Kier molecular flexibility index (Phi) is 22.1. The second-order valence-corrected chi connectivity index (χ2v) is 23.5. The summed E-state index contributed by atoms with van der Waals surface area (Å²) in [5, 5.41) is -0.531. The van der Waals surface area contributed by atoms with Gasteiger partial charge >= 0.3 is 53.7 Å². The van der Waals surface area contributed by atoms with Crippen LogP contribution in [0.25, 0.3) is 22.3 Å². The molecule has 104 heavy (non-hydrogen) atoms. The van der Waals surface area contributed by atoms with E-state index in [0.29, 0.717) is 0 Å². The van der Waals surface area contributed by atoms with Gasteiger partial charge in [0.2, 0.25) is 36.0 Å². The van der Waals surface area contributed by atoms with Crippen LogP contribution in [0.3, 0.4) is 0 Å². The lowest BCUT2D eigenvalue weighted by Gasteiger charge is -2.44. The number of ether oxygens (including phenoxy) is 13. The van der Waals surface area contributed by atoms with E-state index in [1.54, 1.807) is 127 Å². The summed E-state index contributed by atoms with van der Waals surface area (Å²) in [6.45, 7) is 2.90. The average Bonchev–Trinajstić information content (AvgIpc) is 0.760. The Morgan fingerprint density at radius 3 is 1.12 bits per heavy atom. The Labute approximate surface area is 592 Å². The normalized spacial score (nSPS) is 19.6. The molecule has 2 aliphatic rings. The zero-order valence-electron chi connectivity index (χ0n) is 55.4. The van der Waals surface area contributed by atoms with Crippen molar-refractivity contribution in [2.75, 3.05) is 6.61 Å². The van der Waals surface area contributed by atoms with Gasteiger partial charge < -0.3 is 66.0 Å². The summed E-state index contributed by atoms with van der Waals surface area (Å²) >= 11 is 0. The van der Waals surface area contributed by atoms with Gasteiger partial charge in [0.05, 0.1) is 45.0 Å². The fraction of sp³-hybridized carbons (Fsp3) is 0.175. The summed E-state index contributed by atoms with van der Waals surface area (Å²) in [7, 11) is 0. The molecule has 10 aromatic rings.